The fraction of sp³-hybridized carbons (Fsp3) is 0.562. The SMILES string of the molecule is Cl.NCCCC(=O)NC(c1ccccc1)C1CCCC1. The predicted octanol–water partition coefficient (Wildman–Crippen LogP) is 3.19. The zero-order valence-electron chi connectivity index (χ0n) is 11.9. The average molecular weight is 297 g/mol. The number of nitrogens with two attached hydrogens (primary N) is 1. The van der Waals surface area contributed by atoms with Crippen molar-refractivity contribution in [2.75, 3.05) is 6.54 Å². The summed E-state index contributed by atoms with van der Waals surface area (Å²) in [6.07, 6.45) is 6.30. The Morgan fingerprint density at radius 3 is 2.50 bits per heavy atom. The molecule has 1 amide bonds. The van der Waals surface area contributed by atoms with Crippen molar-refractivity contribution in [3.8, 4) is 0 Å². The number of halogens is 1. The van der Waals surface area contributed by atoms with Crippen LogP contribution in [0.1, 0.15) is 50.1 Å². The number of carbonyl (C=O) groups is 1. The van der Waals surface area contributed by atoms with Gasteiger partial charge in [-0.2, -0.15) is 0 Å². The molecule has 3 nitrogen and oxygen atoms in total. The van der Waals surface area contributed by atoms with E-state index in [1.165, 1.54) is 31.2 Å². The van der Waals surface area contributed by atoms with Gasteiger partial charge in [0.25, 0.3) is 0 Å². The first-order valence-corrected chi connectivity index (χ1v) is 7.35. The number of benzene rings is 1. The molecule has 0 aliphatic heterocycles. The highest BCUT2D eigenvalue weighted by Crippen LogP contribution is 2.35. The Morgan fingerprint density at radius 1 is 1.25 bits per heavy atom. The molecule has 2 rings (SSSR count). The summed E-state index contributed by atoms with van der Waals surface area (Å²) in [5, 5.41) is 3.22. The van der Waals surface area contributed by atoms with Crippen LogP contribution in [0.3, 0.4) is 0 Å². The lowest BCUT2D eigenvalue weighted by molar-refractivity contribution is -0.122. The van der Waals surface area contributed by atoms with Crippen LogP contribution in [-0.2, 0) is 4.79 Å². The van der Waals surface area contributed by atoms with Gasteiger partial charge in [-0.3, -0.25) is 4.79 Å². The maximum absolute atomic E-state index is 12.0. The summed E-state index contributed by atoms with van der Waals surface area (Å²) < 4.78 is 0. The van der Waals surface area contributed by atoms with Crippen molar-refractivity contribution in [2.45, 2.75) is 44.6 Å². The van der Waals surface area contributed by atoms with Gasteiger partial charge in [-0.1, -0.05) is 43.2 Å². The monoisotopic (exact) mass is 296 g/mol. The van der Waals surface area contributed by atoms with Crippen molar-refractivity contribution in [2.24, 2.45) is 11.7 Å². The number of rotatable bonds is 6. The molecule has 0 heterocycles. The summed E-state index contributed by atoms with van der Waals surface area (Å²) in [5.41, 5.74) is 6.69. The van der Waals surface area contributed by atoms with Gasteiger partial charge in [0.2, 0.25) is 5.91 Å². The highest BCUT2D eigenvalue weighted by atomic mass is 35.5. The normalized spacial score (nSPS) is 16.4. The topological polar surface area (TPSA) is 55.1 Å². The van der Waals surface area contributed by atoms with Gasteiger partial charge in [-0.05, 0) is 37.3 Å². The van der Waals surface area contributed by atoms with Gasteiger partial charge in [0.1, 0.15) is 0 Å². The molecule has 0 saturated heterocycles. The van der Waals surface area contributed by atoms with Gasteiger partial charge >= 0.3 is 0 Å². The maximum Gasteiger partial charge on any atom is 0.220 e. The van der Waals surface area contributed by atoms with Crippen molar-refractivity contribution in [1.29, 1.82) is 0 Å². The smallest absolute Gasteiger partial charge is 0.220 e. The quantitative estimate of drug-likeness (QED) is 0.847. The van der Waals surface area contributed by atoms with Crippen LogP contribution < -0.4 is 11.1 Å². The molecule has 1 aromatic carbocycles. The maximum atomic E-state index is 12.0. The van der Waals surface area contributed by atoms with Gasteiger partial charge < -0.3 is 11.1 Å². The van der Waals surface area contributed by atoms with Crippen molar-refractivity contribution in [3.05, 3.63) is 35.9 Å². The molecule has 1 unspecified atom stereocenters. The number of carbonyl (C=O) groups excluding carboxylic acids is 1. The second-order valence-electron chi connectivity index (χ2n) is 5.39. The van der Waals surface area contributed by atoms with Crippen LogP contribution in [0.25, 0.3) is 0 Å². The van der Waals surface area contributed by atoms with E-state index in [4.69, 9.17) is 5.73 Å². The van der Waals surface area contributed by atoms with Crippen molar-refractivity contribution < 1.29 is 4.79 Å². The lowest BCUT2D eigenvalue weighted by atomic mass is 9.91. The lowest BCUT2D eigenvalue weighted by Gasteiger charge is -2.25. The Kier molecular flexibility index (Phi) is 7.63. The van der Waals surface area contributed by atoms with E-state index in [-0.39, 0.29) is 24.4 Å². The standard InChI is InChI=1S/C16H24N2O.ClH/c17-12-6-11-15(19)18-16(14-9-4-5-10-14)13-7-2-1-3-8-13;/h1-3,7-8,14,16H,4-6,9-12,17H2,(H,18,19);1H. The third kappa shape index (κ3) is 4.80. The molecule has 1 aromatic rings. The summed E-state index contributed by atoms with van der Waals surface area (Å²) in [5.74, 6) is 0.718. The molecule has 0 bridgehead atoms. The molecule has 20 heavy (non-hydrogen) atoms. The first kappa shape index (κ1) is 17.0. The van der Waals surface area contributed by atoms with E-state index in [1.807, 2.05) is 18.2 Å². The Balaban J connectivity index is 0.00000200. The molecule has 4 heteroatoms. The molecule has 1 atom stereocenters. The van der Waals surface area contributed by atoms with E-state index in [2.05, 4.69) is 17.4 Å². The van der Waals surface area contributed by atoms with Gasteiger partial charge in [0, 0.05) is 6.42 Å². The van der Waals surface area contributed by atoms with E-state index >= 15 is 0 Å². The van der Waals surface area contributed by atoms with E-state index in [1.54, 1.807) is 0 Å². The molecule has 1 aliphatic rings. The van der Waals surface area contributed by atoms with Gasteiger partial charge in [-0.15, -0.1) is 12.4 Å². The number of nitrogens with one attached hydrogen (secondary N) is 1. The van der Waals surface area contributed by atoms with E-state index < -0.39 is 0 Å². The number of hydrogen-bond donors (Lipinski definition) is 2. The van der Waals surface area contributed by atoms with Crippen molar-refractivity contribution in [1.82, 2.24) is 5.32 Å². The van der Waals surface area contributed by atoms with Crippen molar-refractivity contribution in [3.63, 3.8) is 0 Å². The van der Waals surface area contributed by atoms with Gasteiger partial charge in [0.15, 0.2) is 0 Å². The summed E-state index contributed by atoms with van der Waals surface area (Å²) in [6.45, 7) is 0.576. The van der Waals surface area contributed by atoms with E-state index in [9.17, 15) is 4.79 Å². The molecular formula is C16H25ClN2O. The van der Waals surface area contributed by atoms with E-state index in [0.29, 0.717) is 18.9 Å². The number of amides is 1. The van der Waals surface area contributed by atoms with Crippen LogP contribution in [-0.4, -0.2) is 12.5 Å². The zero-order chi connectivity index (χ0) is 13.5. The van der Waals surface area contributed by atoms with Crippen molar-refractivity contribution >= 4 is 18.3 Å². The third-order valence-corrected chi connectivity index (χ3v) is 3.95. The molecule has 112 valence electrons. The highest BCUT2D eigenvalue weighted by Gasteiger charge is 2.27. The summed E-state index contributed by atoms with van der Waals surface area (Å²) in [7, 11) is 0. The largest absolute Gasteiger partial charge is 0.349 e. The van der Waals surface area contributed by atoms with Crippen LogP contribution in [0.2, 0.25) is 0 Å². The molecule has 1 fully saturated rings. The van der Waals surface area contributed by atoms with E-state index in [0.717, 1.165) is 6.42 Å². The van der Waals surface area contributed by atoms with Crippen LogP contribution in [0, 0.1) is 5.92 Å². The highest BCUT2D eigenvalue weighted by molar-refractivity contribution is 5.85. The van der Waals surface area contributed by atoms with Crippen LogP contribution >= 0.6 is 12.4 Å². The second-order valence-corrected chi connectivity index (χ2v) is 5.39. The fourth-order valence-corrected chi connectivity index (χ4v) is 2.93. The van der Waals surface area contributed by atoms with Crippen LogP contribution in [0.15, 0.2) is 30.3 Å². The Bertz CT molecular complexity index is 391. The molecule has 1 saturated carbocycles. The third-order valence-electron chi connectivity index (χ3n) is 3.95. The lowest BCUT2D eigenvalue weighted by Crippen LogP contribution is -2.32. The minimum Gasteiger partial charge on any atom is -0.349 e. The van der Waals surface area contributed by atoms with Gasteiger partial charge in [0.05, 0.1) is 6.04 Å². The molecular weight excluding hydrogens is 272 g/mol. The minimum atomic E-state index is 0. The summed E-state index contributed by atoms with van der Waals surface area (Å²) in [6, 6.07) is 10.5. The molecule has 3 N–H and O–H groups in total. The first-order chi connectivity index (χ1) is 9.31. The van der Waals surface area contributed by atoms with Crippen LogP contribution in [0.5, 0.6) is 0 Å². The molecule has 0 spiro atoms. The Hall–Kier alpha value is -1.06. The number of hydrogen-bond acceptors (Lipinski definition) is 2. The summed E-state index contributed by atoms with van der Waals surface area (Å²) in [4.78, 5) is 12.0. The molecule has 0 aromatic heterocycles. The molecule has 0 radical (unpaired) electrons. The zero-order valence-corrected chi connectivity index (χ0v) is 12.7. The Labute approximate surface area is 127 Å². The van der Waals surface area contributed by atoms with Crippen LogP contribution in [0.4, 0.5) is 0 Å². The predicted molar refractivity (Wildman–Crippen MR) is 84.8 cm³/mol. The minimum absolute atomic E-state index is 0. The average Bonchev–Trinajstić information content (AvgIpc) is 2.97. The van der Waals surface area contributed by atoms with Gasteiger partial charge in [-0.25, -0.2) is 0 Å². The summed E-state index contributed by atoms with van der Waals surface area (Å²) >= 11 is 0. The second kappa shape index (κ2) is 8.98. The Morgan fingerprint density at radius 2 is 1.90 bits per heavy atom. The fourth-order valence-electron chi connectivity index (χ4n) is 2.93. The molecule has 1 aliphatic carbocycles. The first-order valence-electron chi connectivity index (χ1n) is 7.35.